The lowest BCUT2D eigenvalue weighted by Crippen LogP contribution is -2.40. The number of hydrogen-bond acceptors (Lipinski definition) is 2. The molecule has 1 saturated carbocycles. The summed E-state index contributed by atoms with van der Waals surface area (Å²) >= 11 is 0. The van der Waals surface area contributed by atoms with Crippen molar-refractivity contribution in [2.75, 3.05) is 0 Å². The van der Waals surface area contributed by atoms with Crippen molar-refractivity contribution in [2.45, 2.75) is 78.2 Å². The SMILES string of the molecule is CC(C)[C@H]1CC[C@@H](C)C[C@H]1OC(=O)[C@H](C)[Si](C)(C)C. The van der Waals surface area contributed by atoms with Gasteiger partial charge in [0.2, 0.25) is 0 Å². The molecule has 0 bridgehead atoms. The molecule has 0 aromatic heterocycles. The van der Waals surface area contributed by atoms with E-state index >= 15 is 0 Å². The van der Waals surface area contributed by atoms with Gasteiger partial charge in [0.05, 0.1) is 8.07 Å². The summed E-state index contributed by atoms with van der Waals surface area (Å²) in [5.41, 5.74) is 0.0949. The van der Waals surface area contributed by atoms with Gasteiger partial charge in [0, 0.05) is 5.54 Å². The van der Waals surface area contributed by atoms with Crippen LogP contribution in [0.1, 0.15) is 47.0 Å². The van der Waals surface area contributed by atoms with E-state index in [0.29, 0.717) is 17.8 Å². The molecule has 0 saturated heterocycles. The average molecular weight is 285 g/mol. The maximum absolute atomic E-state index is 12.3. The van der Waals surface area contributed by atoms with Gasteiger partial charge in [-0.1, -0.05) is 53.8 Å². The summed E-state index contributed by atoms with van der Waals surface area (Å²) in [6.45, 7) is 15.5. The first-order valence-corrected chi connectivity index (χ1v) is 11.4. The van der Waals surface area contributed by atoms with Crippen LogP contribution in [0.15, 0.2) is 0 Å². The lowest BCUT2D eigenvalue weighted by Gasteiger charge is -2.38. The van der Waals surface area contributed by atoms with Crippen LogP contribution in [0.3, 0.4) is 0 Å². The van der Waals surface area contributed by atoms with Gasteiger partial charge in [-0.3, -0.25) is 4.79 Å². The number of carbonyl (C=O) groups excluding carboxylic acids is 1. The fourth-order valence-corrected chi connectivity index (χ4v) is 3.63. The third kappa shape index (κ3) is 4.62. The van der Waals surface area contributed by atoms with Crippen LogP contribution in [-0.2, 0) is 9.53 Å². The molecule has 0 aromatic carbocycles. The van der Waals surface area contributed by atoms with E-state index in [1.54, 1.807) is 0 Å². The third-order valence-corrected chi connectivity index (χ3v) is 7.72. The minimum Gasteiger partial charge on any atom is -0.462 e. The summed E-state index contributed by atoms with van der Waals surface area (Å²) in [6.07, 6.45) is 3.68. The quantitative estimate of drug-likeness (QED) is 0.551. The Hall–Kier alpha value is -0.313. The zero-order chi connectivity index (χ0) is 14.8. The number of esters is 1. The Balaban J connectivity index is 2.69. The number of hydrogen-bond donors (Lipinski definition) is 0. The molecule has 1 fully saturated rings. The van der Waals surface area contributed by atoms with Crippen LogP contribution in [-0.4, -0.2) is 20.1 Å². The molecule has 0 heterocycles. The van der Waals surface area contributed by atoms with E-state index in [1.807, 2.05) is 6.92 Å². The van der Waals surface area contributed by atoms with Crippen molar-refractivity contribution in [3.63, 3.8) is 0 Å². The predicted molar refractivity (Wildman–Crippen MR) is 84.0 cm³/mol. The molecule has 1 aliphatic rings. The molecule has 0 aliphatic heterocycles. The minimum absolute atomic E-state index is 0.0453. The van der Waals surface area contributed by atoms with E-state index in [0.717, 1.165) is 6.42 Å². The van der Waals surface area contributed by atoms with Crippen molar-refractivity contribution >= 4 is 14.0 Å². The normalized spacial score (nSPS) is 30.2. The van der Waals surface area contributed by atoms with Crippen LogP contribution < -0.4 is 0 Å². The lowest BCUT2D eigenvalue weighted by atomic mass is 9.75. The van der Waals surface area contributed by atoms with E-state index in [9.17, 15) is 4.79 Å². The van der Waals surface area contributed by atoms with Crippen LogP contribution in [0.25, 0.3) is 0 Å². The van der Waals surface area contributed by atoms with Crippen molar-refractivity contribution in [3.8, 4) is 0 Å². The number of rotatable bonds is 4. The largest absolute Gasteiger partial charge is 0.462 e. The Bertz CT molecular complexity index is 306. The van der Waals surface area contributed by atoms with Gasteiger partial charge in [0.1, 0.15) is 6.10 Å². The first kappa shape index (κ1) is 16.7. The second-order valence-electron chi connectivity index (χ2n) is 7.89. The van der Waals surface area contributed by atoms with Gasteiger partial charge in [-0.05, 0) is 30.6 Å². The first-order valence-electron chi connectivity index (χ1n) is 7.83. The number of carbonyl (C=O) groups is 1. The molecule has 1 rings (SSSR count). The molecule has 1 aliphatic carbocycles. The fraction of sp³-hybridized carbons (Fsp3) is 0.938. The molecule has 0 N–H and O–H groups in total. The third-order valence-electron chi connectivity index (χ3n) is 4.88. The molecule has 19 heavy (non-hydrogen) atoms. The smallest absolute Gasteiger partial charge is 0.306 e. The maximum atomic E-state index is 12.3. The summed E-state index contributed by atoms with van der Waals surface area (Å²) in [4.78, 5) is 12.3. The monoisotopic (exact) mass is 284 g/mol. The maximum Gasteiger partial charge on any atom is 0.306 e. The second-order valence-corrected chi connectivity index (χ2v) is 13.5. The van der Waals surface area contributed by atoms with E-state index in [2.05, 4.69) is 40.4 Å². The summed E-state index contributed by atoms with van der Waals surface area (Å²) < 4.78 is 5.92. The van der Waals surface area contributed by atoms with Crippen LogP contribution in [0.4, 0.5) is 0 Å². The van der Waals surface area contributed by atoms with Gasteiger partial charge in [-0.15, -0.1) is 0 Å². The van der Waals surface area contributed by atoms with Gasteiger partial charge in [-0.25, -0.2) is 0 Å². The van der Waals surface area contributed by atoms with E-state index in [1.165, 1.54) is 12.8 Å². The van der Waals surface area contributed by atoms with Crippen LogP contribution in [0.2, 0.25) is 25.2 Å². The molecule has 0 spiro atoms. The minimum atomic E-state index is -1.45. The van der Waals surface area contributed by atoms with Crippen molar-refractivity contribution in [1.82, 2.24) is 0 Å². The zero-order valence-corrected chi connectivity index (χ0v) is 14.8. The average Bonchev–Trinajstić information content (AvgIpc) is 2.26. The molecule has 2 nitrogen and oxygen atoms in total. The van der Waals surface area contributed by atoms with Crippen molar-refractivity contribution in [2.24, 2.45) is 17.8 Å². The van der Waals surface area contributed by atoms with E-state index in [-0.39, 0.29) is 17.6 Å². The summed E-state index contributed by atoms with van der Waals surface area (Å²) in [5, 5.41) is 0. The standard InChI is InChI=1S/C16H32O2Si/c1-11(2)14-9-8-12(3)10-15(14)18-16(17)13(4)19(5,6)7/h11-15H,8-10H2,1-7H3/t12-,13+,14-,15-/m1/s1. The fourth-order valence-electron chi connectivity index (χ4n) is 2.86. The summed E-state index contributed by atoms with van der Waals surface area (Å²) in [7, 11) is -1.45. The molecule has 4 atom stereocenters. The van der Waals surface area contributed by atoms with Gasteiger partial charge < -0.3 is 4.74 Å². The molecule has 0 radical (unpaired) electrons. The van der Waals surface area contributed by atoms with E-state index in [4.69, 9.17) is 4.74 Å². The Kier molecular flexibility index (Phi) is 5.66. The molecule has 0 unspecified atom stereocenters. The van der Waals surface area contributed by atoms with Crippen molar-refractivity contribution in [3.05, 3.63) is 0 Å². The van der Waals surface area contributed by atoms with Crippen molar-refractivity contribution in [1.29, 1.82) is 0 Å². The zero-order valence-electron chi connectivity index (χ0n) is 13.8. The predicted octanol–water partition coefficient (Wildman–Crippen LogP) is 4.72. The topological polar surface area (TPSA) is 26.3 Å². The van der Waals surface area contributed by atoms with Crippen LogP contribution >= 0.6 is 0 Å². The number of ether oxygens (including phenoxy) is 1. The molecule has 0 amide bonds. The highest BCUT2D eigenvalue weighted by atomic mass is 28.3. The van der Waals surface area contributed by atoms with Gasteiger partial charge >= 0.3 is 5.97 Å². The Morgan fingerprint density at radius 3 is 2.21 bits per heavy atom. The van der Waals surface area contributed by atoms with E-state index < -0.39 is 8.07 Å². The van der Waals surface area contributed by atoms with Gasteiger partial charge in [0.25, 0.3) is 0 Å². The van der Waals surface area contributed by atoms with Gasteiger partial charge in [0.15, 0.2) is 0 Å². The highest BCUT2D eigenvalue weighted by molar-refractivity contribution is 6.80. The molecule has 3 heteroatoms. The highest BCUT2D eigenvalue weighted by Crippen LogP contribution is 2.36. The highest BCUT2D eigenvalue weighted by Gasteiger charge is 2.36. The molecular formula is C16H32O2Si. The molecule has 112 valence electrons. The van der Waals surface area contributed by atoms with Crippen LogP contribution in [0, 0.1) is 17.8 Å². The summed E-state index contributed by atoms with van der Waals surface area (Å²) in [5.74, 6) is 1.89. The second kappa shape index (κ2) is 6.42. The summed E-state index contributed by atoms with van der Waals surface area (Å²) in [6, 6.07) is 0. The first-order chi connectivity index (χ1) is 8.62. The Morgan fingerprint density at radius 2 is 1.74 bits per heavy atom. The Labute approximate surface area is 120 Å². The molecular weight excluding hydrogens is 252 g/mol. The van der Waals surface area contributed by atoms with Gasteiger partial charge in [-0.2, -0.15) is 0 Å². The van der Waals surface area contributed by atoms with Crippen molar-refractivity contribution < 1.29 is 9.53 Å². The molecule has 0 aromatic rings. The Morgan fingerprint density at radius 1 is 1.16 bits per heavy atom. The van der Waals surface area contributed by atoms with Crippen LogP contribution in [0.5, 0.6) is 0 Å². The lowest BCUT2D eigenvalue weighted by molar-refractivity contribution is -0.155.